The van der Waals surface area contributed by atoms with Gasteiger partial charge in [-0.3, -0.25) is 4.55 Å². The Hall–Kier alpha value is -1.51. The standard InChI is InChI=1S/C8H10N4O3S/c9-3-4-12-8-2-1-6(16(13,14)15)5-7(8)10-11-12/h1-2,5H,3-4,9H2,(H,13,14,15). The third kappa shape index (κ3) is 1.90. The van der Waals surface area contributed by atoms with Crippen LogP contribution in [-0.4, -0.2) is 34.5 Å². The first-order valence-corrected chi connectivity index (χ1v) is 5.97. The number of hydrogen-bond donors (Lipinski definition) is 2. The van der Waals surface area contributed by atoms with Gasteiger partial charge in [-0.1, -0.05) is 5.21 Å². The van der Waals surface area contributed by atoms with Gasteiger partial charge in [-0.15, -0.1) is 5.10 Å². The molecule has 0 radical (unpaired) electrons. The number of nitrogens with two attached hydrogens (primary N) is 1. The highest BCUT2D eigenvalue weighted by atomic mass is 32.2. The number of hydrogen-bond acceptors (Lipinski definition) is 5. The van der Waals surface area contributed by atoms with Crippen LogP contribution in [-0.2, 0) is 16.7 Å². The van der Waals surface area contributed by atoms with Crippen molar-refractivity contribution < 1.29 is 13.0 Å². The van der Waals surface area contributed by atoms with E-state index in [1.54, 1.807) is 4.68 Å². The lowest BCUT2D eigenvalue weighted by atomic mass is 10.3. The molecule has 8 heteroatoms. The van der Waals surface area contributed by atoms with Crippen molar-refractivity contribution in [1.82, 2.24) is 15.0 Å². The fourth-order valence-corrected chi connectivity index (χ4v) is 1.90. The summed E-state index contributed by atoms with van der Waals surface area (Å²) in [6.45, 7) is 0.917. The van der Waals surface area contributed by atoms with E-state index in [1.165, 1.54) is 18.2 Å². The molecule has 1 heterocycles. The lowest BCUT2D eigenvalue weighted by Crippen LogP contribution is -2.10. The summed E-state index contributed by atoms with van der Waals surface area (Å²) in [5.41, 5.74) is 6.47. The molecule has 0 bridgehead atoms. The maximum atomic E-state index is 10.9. The van der Waals surface area contributed by atoms with Gasteiger partial charge < -0.3 is 5.73 Å². The lowest BCUT2D eigenvalue weighted by molar-refractivity contribution is 0.483. The van der Waals surface area contributed by atoms with Crippen molar-refractivity contribution in [2.75, 3.05) is 6.54 Å². The van der Waals surface area contributed by atoms with Gasteiger partial charge in [0.25, 0.3) is 10.1 Å². The molecule has 1 aromatic heterocycles. The van der Waals surface area contributed by atoms with Crippen LogP contribution in [0, 0.1) is 0 Å². The molecule has 0 saturated carbocycles. The van der Waals surface area contributed by atoms with Crippen LogP contribution in [0.4, 0.5) is 0 Å². The molecule has 0 amide bonds. The summed E-state index contributed by atoms with van der Waals surface area (Å²) in [6, 6.07) is 4.10. The number of fused-ring (bicyclic) bond motifs is 1. The molecule has 0 aliphatic carbocycles. The van der Waals surface area contributed by atoms with E-state index in [2.05, 4.69) is 10.3 Å². The SMILES string of the molecule is NCCn1nnc2cc(S(=O)(=O)O)ccc21. The summed E-state index contributed by atoms with van der Waals surface area (Å²) in [5, 5.41) is 7.61. The molecule has 7 nitrogen and oxygen atoms in total. The first-order valence-electron chi connectivity index (χ1n) is 4.53. The van der Waals surface area contributed by atoms with Crippen molar-refractivity contribution in [3.63, 3.8) is 0 Å². The third-order valence-corrected chi connectivity index (χ3v) is 2.97. The quantitative estimate of drug-likeness (QED) is 0.711. The first kappa shape index (κ1) is 11.0. The van der Waals surface area contributed by atoms with Crippen LogP contribution in [0.2, 0.25) is 0 Å². The molecule has 0 aliphatic rings. The largest absolute Gasteiger partial charge is 0.329 e. The zero-order valence-corrected chi connectivity index (χ0v) is 9.05. The van der Waals surface area contributed by atoms with E-state index in [-0.39, 0.29) is 4.90 Å². The Morgan fingerprint density at radius 3 is 2.81 bits per heavy atom. The molecule has 3 N–H and O–H groups in total. The highest BCUT2D eigenvalue weighted by Gasteiger charge is 2.12. The summed E-state index contributed by atoms with van der Waals surface area (Å²) < 4.78 is 32.2. The van der Waals surface area contributed by atoms with Gasteiger partial charge >= 0.3 is 0 Å². The summed E-state index contributed by atoms with van der Waals surface area (Å²) >= 11 is 0. The fourth-order valence-electron chi connectivity index (χ4n) is 1.40. The third-order valence-electron chi connectivity index (χ3n) is 2.12. The average Bonchev–Trinajstić information content (AvgIpc) is 2.60. The molecule has 2 rings (SSSR count). The molecule has 0 atom stereocenters. The molecule has 0 unspecified atom stereocenters. The van der Waals surface area contributed by atoms with Gasteiger partial charge in [0.1, 0.15) is 5.52 Å². The van der Waals surface area contributed by atoms with Crippen molar-refractivity contribution in [2.45, 2.75) is 11.4 Å². The van der Waals surface area contributed by atoms with Crippen LogP contribution in [0.1, 0.15) is 0 Å². The van der Waals surface area contributed by atoms with Gasteiger partial charge in [-0.2, -0.15) is 8.42 Å². The van der Waals surface area contributed by atoms with Gasteiger partial charge in [0.15, 0.2) is 0 Å². The second-order valence-electron chi connectivity index (χ2n) is 3.23. The normalized spacial score (nSPS) is 12.1. The Balaban J connectivity index is 2.58. The molecular weight excluding hydrogens is 232 g/mol. The van der Waals surface area contributed by atoms with E-state index < -0.39 is 10.1 Å². The minimum Gasteiger partial charge on any atom is -0.329 e. The molecule has 0 saturated heterocycles. The molecule has 0 aliphatic heterocycles. The fraction of sp³-hybridized carbons (Fsp3) is 0.250. The molecule has 86 valence electrons. The van der Waals surface area contributed by atoms with Crippen LogP contribution < -0.4 is 5.73 Å². The topological polar surface area (TPSA) is 111 Å². The predicted molar refractivity (Wildman–Crippen MR) is 56.4 cm³/mol. The van der Waals surface area contributed by atoms with Gasteiger partial charge in [-0.25, -0.2) is 4.68 Å². The number of aromatic nitrogens is 3. The van der Waals surface area contributed by atoms with Gasteiger partial charge in [0.2, 0.25) is 0 Å². The monoisotopic (exact) mass is 242 g/mol. The second-order valence-corrected chi connectivity index (χ2v) is 4.65. The minimum atomic E-state index is -4.20. The van der Waals surface area contributed by atoms with Gasteiger partial charge in [0.05, 0.1) is 17.0 Å². The summed E-state index contributed by atoms with van der Waals surface area (Å²) in [4.78, 5) is -0.195. The highest BCUT2D eigenvalue weighted by Crippen LogP contribution is 2.16. The van der Waals surface area contributed by atoms with Gasteiger partial charge in [-0.05, 0) is 18.2 Å². The zero-order valence-electron chi connectivity index (χ0n) is 8.24. The van der Waals surface area contributed by atoms with E-state index in [0.717, 1.165) is 0 Å². The van der Waals surface area contributed by atoms with Crippen molar-refractivity contribution in [2.24, 2.45) is 5.73 Å². The van der Waals surface area contributed by atoms with Crippen LogP contribution in [0.3, 0.4) is 0 Å². The molecule has 0 fully saturated rings. The lowest BCUT2D eigenvalue weighted by Gasteiger charge is -1.99. The van der Waals surface area contributed by atoms with E-state index in [4.69, 9.17) is 10.3 Å². The second kappa shape index (κ2) is 3.81. The Morgan fingerprint density at radius 2 is 2.19 bits per heavy atom. The van der Waals surface area contributed by atoms with E-state index in [9.17, 15) is 8.42 Å². The number of benzene rings is 1. The Kier molecular flexibility index (Phi) is 2.62. The summed E-state index contributed by atoms with van der Waals surface area (Å²) in [5.74, 6) is 0. The van der Waals surface area contributed by atoms with Crippen LogP contribution >= 0.6 is 0 Å². The summed E-state index contributed by atoms with van der Waals surface area (Å²) in [6.07, 6.45) is 0. The Labute approximate surface area is 91.6 Å². The van der Waals surface area contributed by atoms with E-state index in [1.807, 2.05) is 0 Å². The molecule has 0 spiro atoms. The zero-order chi connectivity index (χ0) is 11.8. The van der Waals surface area contributed by atoms with Crippen LogP contribution in [0.5, 0.6) is 0 Å². The average molecular weight is 242 g/mol. The first-order chi connectivity index (χ1) is 7.52. The Bertz CT molecular complexity index is 619. The molecular formula is C8H10N4O3S. The number of nitrogens with zero attached hydrogens (tertiary/aromatic N) is 3. The van der Waals surface area contributed by atoms with Crippen molar-refractivity contribution >= 4 is 21.2 Å². The van der Waals surface area contributed by atoms with Crippen molar-refractivity contribution in [1.29, 1.82) is 0 Å². The van der Waals surface area contributed by atoms with E-state index in [0.29, 0.717) is 24.1 Å². The van der Waals surface area contributed by atoms with Crippen molar-refractivity contribution in [3.8, 4) is 0 Å². The molecule has 1 aromatic carbocycles. The maximum absolute atomic E-state index is 10.9. The van der Waals surface area contributed by atoms with Gasteiger partial charge in [0, 0.05) is 6.54 Å². The number of rotatable bonds is 3. The highest BCUT2D eigenvalue weighted by molar-refractivity contribution is 7.85. The molecule has 2 aromatic rings. The Morgan fingerprint density at radius 1 is 1.44 bits per heavy atom. The van der Waals surface area contributed by atoms with E-state index >= 15 is 0 Å². The van der Waals surface area contributed by atoms with Crippen LogP contribution in [0.15, 0.2) is 23.1 Å². The summed E-state index contributed by atoms with van der Waals surface area (Å²) in [7, 11) is -4.20. The van der Waals surface area contributed by atoms with Crippen LogP contribution in [0.25, 0.3) is 11.0 Å². The predicted octanol–water partition coefficient (Wildman–Crippen LogP) is -0.363. The van der Waals surface area contributed by atoms with Crippen molar-refractivity contribution in [3.05, 3.63) is 18.2 Å². The smallest absolute Gasteiger partial charge is 0.294 e. The minimum absolute atomic E-state index is 0.195. The molecule has 16 heavy (non-hydrogen) atoms. The maximum Gasteiger partial charge on any atom is 0.294 e.